The maximum absolute atomic E-state index is 12.2. The van der Waals surface area contributed by atoms with Crippen molar-refractivity contribution in [2.24, 2.45) is 0 Å². The zero-order valence-corrected chi connectivity index (χ0v) is 14.0. The van der Waals surface area contributed by atoms with Crippen LogP contribution in [0.25, 0.3) is 0 Å². The molecular weight excluding hydrogens is 280 g/mol. The van der Waals surface area contributed by atoms with E-state index < -0.39 is 5.60 Å². The first-order chi connectivity index (χ1) is 10.6. The van der Waals surface area contributed by atoms with Crippen molar-refractivity contribution >= 4 is 5.91 Å². The normalized spacial score (nSPS) is 23.4. The predicted molar refractivity (Wildman–Crippen MR) is 86.7 cm³/mol. The minimum Gasteiger partial charge on any atom is -0.389 e. The molecule has 2 N–H and O–H groups in total. The molecule has 2 aliphatic rings. The second kappa shape index (κ2) is 8.85. The Kier molecular flexibility index (Phi) is 7.12. The zero-order valence-electron chi connectivity index (χ0n) is 14.0. The van der Waals surface area contributed by atoms with E-state index in [4.69, 9.17) is 4.74 Å². The summed E-state index contributed by atoms with van der Waals surface area (Å²) >= 11 is 0. The number of aliphatic hydroxyl groups is 1. The first kappa shape index (κ1) is 17.7. The van der Waals surface area contributed by atoms with Crippen molar-refractivity contribution in [3.05, 3.63) is 0 Å². The van der Waals surface area contributed by atoms with Crippen LogP contribution in [0, 0.1) is 0 Å². The lowest BCUT2D eigenvalue weighted by Crippen LogP contribution is -2.47. The molecule has 0 bridgehead atoms. The molecule has 0 radical (unpaired) electrons. The van der Waals surface area contributed by atoms with Crippen LogP contribution >= 0.6 is 0 Å². The summed E-state index contributed by atoms with van der Waals surface area (Å²) in [6, 6.07) is 0.276. The summed E-state index contributed by atoms with van der Waals surface area (Å²) in [5, 5.41) is 13.6. The van der Waals surface area contributed by atoms with Gasteiger partial charge in [0.25, 0.3) is 0 Å². The number of amides is 1. The Morgan fingerprint density at radius 2 is 1.95 bits per heavy atom. The number of carbonyl (C=O) groups excluding carboxylic acids is 1. The van der Waals surface area contributed by atoms with Crippen molar-refractivity contribution in [2.45, 2.75) is 69.4 Å². The highest BCUT2D eigenvalue weighted by Crippen LogP contribution is 2.30. The molecule has 5 nitrogen and oxygen atoms in total. The van der Waals surface area contributed by atoms with Crippen molar-refractivity contribution in [3.63, 3.8) is 0 Å². The number of rotatable bonds is 7. The molecule has 1 amide bonds. The van der Waals surface area contributed by atoms with Crippen LogP contribution < -0.4 is 5.32 Å². The second-order valence-corrected chi connectivity index (χ2v) is 6.99. The summed E-state index contributed by atoms with van der Waals surface area (Å²) in [5.41, 5.74) is -0.747. The van der Waals surface area contributed by atoms with Crippen LogP contribution in [0.4, 0.5) is 0 Å². The Hall–Kier alpha value is -0.650. The Labute approximate surface area is 134 Å². The van der Waals surface area contributed by atoms with Gasteiger partial charge < -0.3 is 20.1 Å². The fourth-order valence-corrected chi connectivity index (χ4v) is 3.70. The molecule has 1 heterocycles. The number of likely N-dealkylation sites (tertiary alicyclic amines) is 1. The number of carbonyl (C=O) groups is 1. The van der Waals surface area contributed by atoms with Gasteiger partial charge in [0.15, 0.2) is 0 Å². The zero-order chi connectivity index (χ0) is 15.8. The van der Waals surface area contributed by atoms with Gasteiger partial charge in [0.2, 0.25) is 5.91 Å². The van der Waals surface area contributed by atoms with E-state index in [1.165, 1.54) is 6.42 Å². The number of nitrogens with one attached hydrogen (secondary N) is 1. The molecule has 1 aliphatic heterocycles. The Bertz CT molecular complexity index is 335. The molecular formula is C17H32N2O3. The highest BCUT2D eigenvalue weighted by Gasteiger charge is 2.32. The molecule has 0 spiro atoms. The van der Waals surface area contributed by atoms with Gasteiger partial charge in [-0.05, 0) is 32.1 Å². The molecule has 0 atom stereocenters. The van der Waals surface area contributed by atoms with Gasteiger partial charge in [-0.1, -0.05) is 19.3 Å². The Balaban J connectivity index is 1.64. The number of methoxy groups -OCH3 is 1. The Morgan fingerprint density at radius 3 is 2.59 bits per heavy atom. The predicted octanol–water partition coefficient (Wildman–Crippen LogP) is 1.69. The van der Waals surface area contributed by atoms with Crippen molar-refractivity contribution < 1.29 is 14.6 Å². The second-order valence-electron chi connectivity index (χ2n) is 6.99. The van der Waals surface area contributed by atoms with E-state index in [1.807, 2.05) is 0 Å². The first-order valence-corrected chi connectivity index (χ1v) is 8.84. The van der Waals surface area contributed by atoms with Crippen LogP contribution in [-0.2, 0) is 9.53 Å². The molecule has 1 saturated carbocycles. The van der Waals surface area contributed by atoms with E-state index in [9.17, 15) is 9.90 Å². The summed E-state index contributed by atoms with van der Waals surface area (Å²) in [6.07, 6.45) is 8.20. The fraction of sp³-hybridized carbons (Fsp3) is 0.941. The van der Waals surface area contributed by atoms with Gasteiger partial charge in [0, 0.05) is 39.4 Å². The lowest BCUT2D eigenvalue weighted by molar-refractivity contribution is -0.128. The molecule has 128 valence electrons. The number of nitrogens with zero attached hydrogens (tertiary/aromatic N) is 1. The van der Waals surface area contributed by atoms with E-state index in [-0.39, 0.29) is 18.4 Å². The lowest BCUT2D eigenvalue weighted by Gasteiger charge is -2.34. The van der Waals surface area contributed by atoms with E-state index in [0.29, 0.717) is 0 Å². The van der Waals surface area contributed by atoms with E-state index in [0.717, 1.165) is 71.2 Å². The van der Waals surface area contributed by atoms with Crippen LogP contribution in [0.2, 0.25) is 0 Å². The maximum Gasteiger partial charge on any atom is 0.223 e. The summed E-state index contributed by atoms with van der Waals surface area (Å²) in [4.78, 5) is 14.6. The van der Waals surface area contributed by atoms with Gasteiger partial charge in [-0.2, -0.15) is 0 Å². The third kappa shape index (κ3) is 5.86. The van der Waals surface area contributed by atoms with Crippen LogP contribution in [0.5, 0.6) is 0 Å². The average molecular weight is 312 g/mol. The summed E-state index contributed by atoms with van der Waals surface area (Å²) < 4.78 is 5.08. The van der Waals surface area contributed by atoms with Gasteiger partial charge in [-0.25, -0.2) is 0 Å². The molecule has 2 fully saturated rings. The Morgan fingerprint density at radius 1 is 1.27 bits per heavy atom. The molecule has 2 rings (SSSR count). The van der Waals surface area contributed by atoms with Crippen molar-refractivity contribution in [3.8, 4) is 0 Å². The summed E-state index contributed by atoms with van der Waals surface area (Å²) in [6.45, 7) is 3.97. The van der Waals surface area contributed by atoms with E-state index in [2.05, 4.69) is 10.2 Å². The van der Waals surface area contributed by atoms with Crippen LogP contribution in [0.3, 0.4) is 0 Å². The van der Waals surface area contributed by atoms with E-state index >= 15 is 0 Å². The van der Waals surface area contributed by atoms with Gasteiger partial charge in [0.05, 0.1) is 12.0 Å². The van der Waals surface area contributed by atoms with Gasteiger partial charge in [-0.3, -0.25) is 4.79 Å². The molecule has 0 aromatic heterocycles. The molecule has 22 heavy (non-hydrogen) atoms. The van der Waals surface area contributed by atoms with Crippen LogP contribution in [-0.4, -0.2) is 60.9 Å². The molecule has 0 unspecified atom stereocenters. The quantitative estimate of drug-likeness (QED) is 0.702. The molecule has 5 heteroatoms. The minimum atomic E-state index is -0.747. The van der Waals surface area contributed by atoms with E-state index in [1.54, 1.807) is 7.11 Å². The number of ether oxygens (including phenoxy) is 1. The van der Waals surface area contributed by atoms with Gasteiger partial charge >= 0.3 is 0 Å². The standard InChI is InChI=1S/C17H32N2O3/c1-22-13-5-10-19-11-6-15(7-12-19)18-16(20)14-17(21)8-3-2-4-9-17/h15,21H,2-14H2,1H3,(H,18,20). The molecule has 1 aliphatic carbocycles. The number of hydrogen-bond donors (Lipinski definition) is 2. The van der Waals surface area contributed by atoms with Crippen molar-refractivity contribution in [1.29, 1.82) is 0 Å². The fourth-order valence-electron chi connectivity index (χ4n) is 3.70. The molecule has 0 aromatic rings. The highest BCUT2D eigenvalue weighted by atomic mass is 16.5. The third-order valence-corrected chi connectivity index (χ3v) is 5.05. The summed E-state index contributed by atoms with van der Waals surface area (Å²) in [5.74, 6) is 0.0298. The topological polar surface area (TPSA) is 61.8 Å². The van der Waals surface area contributed by atoms with Crippen LogP contribution in [0.15, 0.2) is 0 Å². The SMILES string of the molecule is COCCCN1CCC(NC(=O)CC2(O)CCCCC2)CC1. The van der Waals surface area contributed by atoms with Crippen molar-refractivity contribution in [1.82, 2.24) is 10.2 Å². The summed E-state index contributed by atoms with van der Waals surface area (Å²) in [7, 11) is 1.74. The minimum absolute atomic E-state index is 0.0298. The monoisotopic (exact) mass is 312 g/mol. The smallest absolute Gasteiger partial charge is 0.223 e. The van der Waals surface area contributed by atoms with Gasteiger partial charge in [-0.15, -0.1) is 0 Å². The lowest BCUT2D eigenvalue weighted by atomic mass is 9.82. The molecule has 0 aromatic carbocycles. The number of hydrogen-bond acceptors (Lipinski definition) is 4. The van der Waals surface area contributed by atoms with Crippen LogP contribution in [0.1, 0.15) is 57.8 Å². The molecule has 1 saturated heterocycles. The van der Waals surface area contributed by atoms with Gasteiger partial charge in [0.1, 0.15) is 0 Å². The third-order valence-electron chi connectivity index (χ3n) is 5.05. The first-order valence-electron chi connectivity index (χ1n) is 8.84. The average Bonchev–Trinajstić information content (AvgIpc) is 2.49. The largest absolute Gasteiger partial charge is 0.389 e. The maximum atomic E-state index is 12.2. The number of piperidine rings is 1. The highest BCUT2D eigenvalue weighted by molar-refractivity contribution is 5.77. The van der Waals surface area contributed by atoms with Crippen molar-refractivity contribution in [2.75, 3.05) is 33.4 Å².